The van der Waals surface area contributed by atoms with Crippen molar-refractivity contribution in [1.29, 1.82) is 0 Å². The summed E-state index contributed by atoms with van der Waals surface area (Å²) in [6.07, 6.45) is 0.984. The maximum atomic E-state index is 11.9. The van der Waals surface area contributed by atoms with Crippen LogP contribution in [0.15, 0.2) is 0 Å². The first-order chi connectivity index (χ1) is 8.36. The molecule has 1 unspecified atom stereocenters. The van der Waals surface area contributed by atoms with Crippen LogP contribution in [0.5, 0.6) is 0 Å². The number of nitrogens with one attached hydrogen (secondary N) is 1. The first kappa shape index (κ1) is 15.4. The highest BCUT2D eigenvalue weighted by molar-refractivity contribution is 7.87. The number of rotatable bonds is 5. The standard InChI is InChI=1S/C10H21N3O4S/c1-8(11)7-12-18(15,16)13-5-3-9(4-6-13)10(14)17-2/h8-9,12H,3-7,11H2,1-2H3. The van der Waals surface area contributed by atoms with Crippen LogP contribution in [0.2, 0.25) is 0 Å². The highest BCUT2D eigenvalue weighted by Crippen LogP contribution is 2.19. The van der Waals surface area contributed by atoms with Crippen molar-refractivity contribution in [1.82, 2.24) is 9.03 Å². The molecular formula is C10H21N3O4S. The van der Waals surface area contributed by atoms with Crippen molar-refractivity contribution in [2.24, 2.45) is 11.7 Å². The lowest BCUT2D eigenvalue weighted by atomic mass is 9.99. The highest BCUT2D eigenvalue weighted by atomic mass is 32.2. The molecule has 1 aliphatic rings. The van der Waals surface area contributed by atoms with Crippen LogP contribution in [0.25, 0.3) is 0 Å². The number of carbonyl (C=O) groups is 1. The normalized spacial score (nSPS) is 20.6. The molecule has 3 N–H and O–H groups in total. The van der Waals surface area contributed by atoms with Crippen molar-refractivity contribution < 1.29 is 17.9 Å². The average molecular weight is 279 g/mol. The van der Waals surface area contributed by atoms with Gasteiger partial charge in [-0.15, -0.1) is 0 Å². The molecule has 106 valence electrons. The van der Waals surface area contributed by atoms with Gasteiger partial charge < -0.3 is 10.5 Å². The molecule has 0 spiro atoms. The second kappa shape index (κ2) is 6.46. The number of carbonyl (C=O) groups excluding carboxylic acids is 1. The van der Waals surface area contributed by atoms with Crippen molar-refractivity contribution >= 4 is 16.2 Å². The first-order valence-corrected chi connectivity index (χ1v) is 7.39. The minimum absolute atomic E-state index is 0.199. The lowest BCUT2D eigenvalue weighted by Crippen LogP contribution is -2.48. The fourth-order valence-corrected chi connectivity index (χ4v) is 3.17. The molecule has 0 aromatic heterocycles. The van der Waals surface area contributed by atoms with Gasteiger partial charge in [-0.3, -0.25) is 4.79 Å². The number of nitrogens with zero attached hydrogens (tertiary/aromatic N) is 1. The number of nitrogens with two attached hydrogens (primary N) is 1. The van der Waals surface area contributed by atoms with E-state index in [0.29, 0.717) is 25.9 Å². The maximum Gasteiger partial charge on any atom is 0.308 e. The second-order valence-corrected chi connectivity index (χ2v) is 6.28. The molecule has 1 atom stereocenters. The minimum atomic E-state index is -3.48. The number of methoxy groups -OCH3 is 1. The summed E-state index contributed by atoms with van der Waals surface area (Å²) >= 11 is 0. The molecule has 1 rings (SSSR count). The molecule has 8 heteroatoms. The van der Waals surface area contributed by atoms with E-state index in [4.69, 9.17) is 5.73 Å². The van der Waals surface area contributed by atoms with Gasteiger partial charge in [0.15, 0.2) is 0 Å². The molecule has 18 heavy (non-hydrogen) atoms. The van der Waals surface area contributed by atoms with Crippen molar-refractivity contribution in [3.05, 3.63) is 0 Å². The molecule has 1 fully saturated rings. The molecule has 0 aromatic rings. The summed E-state index contributed by atoms with van der Waals surface area (Å²) in [5.41, 5.74) is 5.50. The van der Waals surface area contributed by atoms with Gasteiger partial charge >= 0.3 is 5.97 Å². The van der Waals surface area contributed by atoms with E-state index in [0.717, 1.165) is 0 Å². The SMILES string of the molecule is COC(=O)C1CCN(S(=O)(=O)NCC(C)N)CC1. The van der Waals surface area contributed by atoms with Gasteiger partial charge in [-0.05, 0) is 19.8 Å². The zero-order valence-corrected chi connectivity index (χ0v) is 11.6. The lowest BCUT2D eigenvalue weighted by Gasteiger charge is -2.30. The van der Waals surface area contributed by atoms with E-state index >= 15 is 0 Å². The van der Waals surface area contributed by atoms with E-state index in [-0.39, 0.29) is 24.5 Å². The Morgan fingerprint density at radius 2 is 2.06 bits per heavy atom. The predicted molar refractivity (Wildman–Crippen MR) is 66.9 cm³/mol. The molecule has 7 nitrogen and oxygen atoms in total. The molecule has 0 bridgehead atoms. The van der Waals surface area contributed by atoms with Crippen LogP contribution in [0, 0.1) is 5.92 Å². The van der Waals surface area contributed by atoms with E-state index in [2.05, 4.69) is 9.46 Å². The Hall–Kier alpha value is -0.700. The van der Waals surface area contributed by atoms with Crippen LogP contribution in [0.4, 0.5) is 0 Å². The zero-order chi connectivity index (χ0) is 13.8. The first-order valence-electron chi connectivity index (χ1n) is 5.95. The van der Waals surface area contributed by atoms with Crippen LogP contribution < -0.4 is 10.5 Å². The third kappa shape index (κ3) is 4.20. The Morgan fingerprint density at radius 3 is 2.50 bits per heavy atom. The summed E-state index contributed by atoms with van der Waals surface area (Å²) < 4.78 is 32.2. The van der Waals surface area contributed by atoms with Gasteiger partial charge in [-0.1, -0.05) is 0 Å². The molecule has 0 aromatic carbocycles. The smallest absolute Gasteiger partial charge is 0.308 e. The van der Waals surface area contributed by atoms with Gasteiger partial charge in [-0.25, -0.2) is 4.72 Å². The van der Waals surface area contributed by atoms with E-state index in [9.17, 15) is 13.2 Å². The average Bonchev–Trinajstić information content (AvgIpc) is 2.36. The lowest BCUT2D eigenvalue weighted by molar-refractivity contribution is -0.146. The summed E-state index contributed by atoms with van der Waals surface area (Å²) in [6.45, 7) is 2.59. The molecule has 0 amide bonds. The van der Waals surface area contributed by atoms with Gasteiger partial charge in [0, 0.05) is 25.7 Å². The summed E-state index contributed by atoms with van der Waals surface area (Å²) in [5.74, 6) is -0.467. The summed E-state index contributed by atoms with van der Waals surface area (Å²) in [5, 5.41) is 0. The summed E-state index contributed by atoms with van der Waals surface area (Å²) in [7, 11) is -2.14. The van der Waals surface area contributed by atoms with Crippen LogP contribution in [0.1, 0.15) is 19.8 Å². The number of hydrogen-bond acceptors (Lipinski definition) is 5. The van der Waals surface area contributed by atoms with Crippen LogP contribution in [-0.4, -0.2) is 51.5 Å². The van der Waals surface area contributed by atoms with E-state index in [1.165, 1.54) is 11.4 Å². The Morgan fingerprint density at radius 1 is 1.50 bits per heavy atom. The number of esters is 1. The third-order valence-corrected chi connectivity index (χ3v) is 4.49. The van der Waals surface area contributed by atoms with Crippen molar-refractivity contribution in [3.63, 3.8) is 0 Å². The molecular weight excluding hydrogens is 258 g/mol. The van der Waals surface area contributed by atoms with E-state index < -0.39 is 10.2 Å². The topological polar surface area (TPSA) is 102 Å². The number of hydrogen-bond donors (Lipinski definition) is 2. The van der Waals surface area contributed by atoms with Crippen molar-refractivity contribution in [2.75, 3.05) is 26.7 Å². The predicted octanol–water partition coefficient (Wildman–Crippen LogP) is -0.947. The third-order valence-electron chi connectivity index (χ3n) is 2.92. The molecule has 1 aliphatic heterocycles. The maximum absolute atomic E-state index is 11.9. The fourth-order valence-electron chi connectivity index (χ4n) is 1.83. The van der Waals surface area contributed by atoms with Gasteiger partial charge in [0.2, 0.25) is 0 Å². The monoisotopic (exact) mass is 279 g/mol. The van der Waals surface area contributed by atoms with Gasteiger partial charge in [0.25, 0.3) is 10.2 Å². The Bertz CT molecular complexity index is 375. The van der Waals surface area contributed by atoms with Gasteiger partial charge in [-0.2, -0.15) is 12.7 Å². The second-order valence-electron chi connectivity index (χ2n) is 4.53. The molecule has 0 radical (unpaired) electrons. The molecule has 1 saturated heterocycles. The molecule has 0 saturated carbocycles. The van der Waals surface area contributed by atoms with Crippen molar-refractivity contribution in [2.45, 2.75) is 25.8 Å². The molecule has 1 heterocycles. The highest BCUT2D eigenvalue weighted by Gasteiger charge is 2.31. The van der Waals surface area contributed by atoms with E-state index in [1.54, 1.807) is 6.92 Å². The van der Waals surface area contributed by atoms with Gasteiger partial charge in [0.05, 0.1) is 13.0 Å². The van der Waals surface area contributed by atoms with E-state index in [1.807, 2.05) is 0 Å². The Labute approximate surface area is 108 Å². The summed E-state index contributed by atoms with van der Waals surface area (Å²) in [6, 6.07) is -0.229. The summed E-state index contributed by atoms with van der Waals surface area (Å²) in [4.78, 5) is 11.3. The Kier molecular flexibility index (Phi) is 5.51. The molecule has 0 aliphatic carbocycles. The van der Waals surface area contributed by atoms with Crippen molar-refractivity contribution in [3.8, 4) is 0 Å². The van der Waals surface area contributed by atoms with Crippen LogP contribution >= 0.6 is 0 Å². The minimum Gasteiger partial charge on any atom is -0.469 e. The van der Waals surface area contributed by atoms with Crippen LogP contribution in [0.3, 0.4) is 0 Å². The number of piperidine rings is 1. The largest absolute Gasteiger partial charge is 0.469 e. The quantitative estimate of drug-likeness (QED) is 0.632. The van der Waals surface area contributed by atoms with Gasteiger partial charge in [0.1, 0.15) is 0 Å². The fraction of sp³-hybridized carbons (Fsp3) is 0.900. The Balaban J connectivity index is 2.49. The van der Waals surface area contributed by atoms with Crippen LogP contribution in [-0.2, 0) is 19.7 Å². The zero-order valence-electron chi connectivity index (χ0n) is 10.8. The number of ether oxygens (including phenoxy) is 1.